The highest BCUT2D eigenvalue weighted by Crippen LogP contribution is 2.48. The maximum absolute atomic E-state index is 4.83. The number of nitrogens with zero attached hydrogens (tertiary/aromatic N) is 2. The van der Waals surface area contributed by atoms with Crippen molar-refractivity contribution in [3.8, 4) is 0 Å². The van der Waals surface area contributed by atoms with Gasteiger partial charge in [0.15, 0.2) is 0 Å². The average molecular weight is 273 g/mol. The van der Waals surface area contributed by atoms with E-state index in [1.807, 2.05) is 0 Å². The molecule has 110 valence electrons. The van der Waals surface area contributed by atoms with Crippen LogP contribution in [0.4, 0.5) is 0 Å². The fourth-order valence-electron chi connectivity index (χ4n) is 4.52. The Morgan fingerprint density at radius 3 is 2.65 bits per heavy atom. The molecule has 3 fully saturated rings. The van der Waals surface area contributed by atoms with Gasteiger partial charge in [-0.2, -0.15) is 5.10 Å². The van der Waals surface area contributed by atoms with Crippen LogP contribution in [0.25, 0.3) is 0 Å². The van der Waals surface area contributed by atoms with E-state index >= 15 is 0 Å². The number of nitrogens with one attached hydrogen (secondary N) is 1. The van der Waals surface area contributed by atoms with E-state index in [2.05, 4.69) is 23.8 Å². The van der Waals surface area contributed by atoms with E-state index in [0.29, 0.717) is 0 Å². The molecule has 0 aliphatic heterocycles. The number of fused-ring (bicyclic) bond motifs is 2. The lowest BCUT2D eigenvalue weighted by Crippen LogP contribution is -2.19. The lowest BCUT2D eigenvalue weighted by Gasteiger charge is -2.22. The second-order valence-electron chi connectivity index (χ2n) is 7.42. The van der Waals surface area contributed by atoms with Gasteiger partial charge in [-0.15, -0.1) is 0 Å². The normalized spacial score (nSPS) is 32.2. The summed E-state index contributed by atoms with van der Waals surface area (Å²) >= 11 is 0. The summed E-state index contributed by atoms with van der Waals surface area (Å²) in [6.07, 6.45) is 8.65. The molecule has 20 heavy (non-hydrogen) atoms. The van der Waals surface area contributed by atoms with Crippen LogP contribution in [0, 0.1) is 31.6 Å². The Morgan fingerprint density at radius 2 is 2.00 bits per heavy atom. The van der Waals surface area contributed by atoms with Crippen molar-refractivity contribution in [3.05, 3.63) is 17.0 Å². The van der Waals surface area contributed by atoms with Crippen molar-refractivity contribution in [2.24, 2.45) is 17.8 Å². The second kappa shape index (κ2) is 4.87. The fourth-order valence-corrected chi connectivity index (χ4v) is 4.52. The SMILES string of the molecule is Cc1nn(CC2CC3CCC2C3)c(C)c1CNC1CC1. The first-order valence-electron chi connectivity index (χ1n) is 8.47. The van der Waals surface area contributed by atoms with Crippen LogP contribution < -0.4 is 5.32 Å². The summed E-state index contributed by atoms with van der Waals surface area (Å²) in [5.41, 5.74) is 4.08. The molecular formula is C17H27N3. The molecule has 0 aromatic carbocycles. The molecule has 1 heterocycles. The second-order valence-corrected chi connectivity index (χ2v) is 7.42. The lowest BCUT2D eigenvalue weighted by atomic mass is 9.89. The van der Waals surface area contributed by atoms with E-state index in [-0.39, 0.29) is 0 Å². The van der Waals surface area contributed by atoms with Gasteiger partial charge in [-0.25, -0.2) is 0 Å². The van der Waals surface area contributed by atoms with Gasteiger partial charge in [0.2, 0.25) is 0 Å². The lowest BCUT2D eigenvalue weighted by molar-refractivity contribution is 0.283. The fraction of sp³-hybridized carbons (Fsp3) is 0.824. The van der Waals surface area contributed by atoms with E-state index in [9.17, 15) is 0 Å². The molecule has 0 amide bonds. The van der Waals surface area contributed by atoms with Crippen LogP contribution in [0.2, 0.25) is 0 Å². The molecule has 1 aromatic rings. The van der Waals surface area contributed by atoms with Gasteiger partial charge < -0.3 is 5.32 Å². The standard InChI is InChI=1S/C17H27N3/c1-11-17(9-18-16-5-6-16)12(2)20(19-11)10-15-8-13-3-4-14(15)7-13/h13-16,18H,3-10H2,1-2H3. The molecule has 3 nitrogen and oxygen atoms in total. The molecule has 0 radical (unpaired) electrons. The van der Waals surface area contributed by atoms with Gasteiger partial charge in [0.1, 0.15) is 0 Å². The van der Waals surface area contributed by atoms with E-state index in [1.165, 1.54) is 55.5 Å². The van der Waals surface area contributed by atoms with Gasteiger partial charge in [-0.05, 0) is 63.7 Å². The summed E-state index contributed by atoms with van der Waals surface area (Å²) in [6.45, 7) is 6.61. The highest BCUT2D eigenvalue weighted by molar-refractivity contribution is 5.24. The molecule has 4 rings (SSSR count). The highest BCUT2D eigenvalue weighted by Gasteiger charge is 2.39. The van der Waals surface area contributed by atoms with Gasteiger partial charge >= 0.3 is 0 Å². The number of rotatable bonds is 5. The van der Waals surface area contributed by atoms with E-state index in [4.69, 9.17) is 5.10 Å². The molecular weight excluding hydrogens is 246 g/mol. The summed E-state index contributed by atoms with van der Waals surface area (Å²) in [5, 5.41) is 8.47. The zero-order valence-corrected chi connectivity index (χ0v) is 12.9. The largest absolute Gasteiger partial charge is 0.310 e. The predicted molar refractivity (Wildman–Crippen MR) is 80.5 cm³/mol. The topological polar surface area (TPSA) is 29.9 Å². The molecule has 2 bridgehead atoms. The molecule has 3 atom stereocenters. The predicted octanol–water partition coefficient (Wildman–Crippen LogP) is 3.19. The quantitative estimate of drug-likeness (QED) is 0.893. The number of hydrogen-bond acceptors (Lipinski definition) is 2. The van der Waals surface area contributed by atoms with Gasteiger partial charge in [-0.3, -0.25) is 4.68 Å². The van der Waals surface area contributed by atoms with Crippen molar-refractivity contribution < 1.29 is 0 Å². The van der Waals surface area contributed by atoms with Crippen molar-refractivity contribution in [2.45, 2.75) is 71.5 Å². The van der Waals surface area contributed by atoms with Crippen molar-refractivity contribution in [2.75, 3.05) is 0 Å². The smallest absolute Gasteiger partial charge is 0.0641 e. The Morgan fingerprint density at radius 1 is 1.15 bits per heavy atom. The van der Waals surface area contributed by atoms with E-state index in [0.717, 1.165) is 36.9 Å². The summed E-state index contributed by atoms with van der Waals surface area (Å²) in [4.78, 5) is 0. The summed E-state index contributed by atoms with van der Waals surface area (Å²) in [5.74, 6) is 2.94. The van der Waals surface area contributed by atoms with Crippen molar-refractivity contribution >= 4 is 0 Å². The zero-order valence-electron chi connectivity index (χ0n) is 12.9. The maximum atomic E-state index is 4.83. The summed E-state index contributed by atoms with van der Waals surface area (Å²) < 4.78 is 2.31. The van der Waals surface area contributed by atoms with Crippen LogP contribution in [0.5, 0.6) is 0 Å². The van der Waals surface area contributed by atoms with Crippen LogP contribution in [0.3, 0.4) is 0 Å². The summed E-state index contributed by atoms with van der Waals surface area (Å²) in [6, 6.07) is 0.780. The van der Waals surface area contributed by atoms with Gasteiger partial charge in [-0.1, -0.05) is 6.42 Å². The van der Waals surface area contributed by atoms with Crippen molar-refractivity contribution in [1.82, 2.24) is 15.1 Å². The first kappa shape index (κ1) is 12.9. The van der Waals surface area contributed by atoms with E-state index < -0.39 is 0 Å². The van der Waals surface area contributed by atoms with Gasteiger partial charge in [0.05, 0.1) is 5.69 Å². The number of aryl methyl sites for hydroxylation is 1. The Labute approximate surface area is 122 Å². The van der Waals surface area contributed by atoms with Crippen LogP contribution in [0.15, 0.2) is 0 Å². The van der Waals surface area contributed by atoms with Crippen LogP contribution in [-0.4, -0.2) is 15.8 Å². The Kier molecular flexibility index (Phi) is 3.13. The summed E-state index contributed by atoms with van der Waals surface area (Å²) in [7, 11) is 0. The average Bonchev–Trinajstić information content (AvgIpc) is 2.92. The van der Waals surface area contributed by atoms with Gasteiger partial charge in [0.25, 0.3) is 0 Å². The molecule has 3 saturated carbocycles. The minimum Gasteiger partial charge on any atom is -0.310 e. The molecule has 3 aliphatic carbocycles. The third-order valence-electron chi connectivity index (χ3n) is 5.97. The highest BCUT2D eigenvalue weighted by atomic mass is 15.3. The molecule has 1 aromatic heterocycles. The molecule has 3 heteroatoms. The molecule has 3 unspecified atom stereocenters. The Hall–Kier alpha value is -0.830. The number of hydrogen-bond donors (Lipinski definition) is 1. The first-order valence-corrected chi connectivity index (χ1v) is 8.47. The maximum Gasteiger partial charge on any atom is 0.0641 e. The molecule has 0 saturated heterocycles. The minimum absolute atomic E-state index is 0.780. The van der Waals surface area contributed by atoms with Crippen LogP contribution >= 0.6 is 0 Å². The molecule has 1 N–H and O–H groups in total. The molecule has 3 aliphatic rings. The van der Waals surface area contributed by atoms with Crippen molar-refractivity contribution in [3.63, 3.8) is 0 Å². The molecule has 0 spiro atoms. The minimum atomic E-state index is 0.780. The monoisotopic (exact) mass is 273 g/mol. The third kappa shape index (κ3) is 2.30. The first-order chi connectivity index (χ1) is 9.70. The van der Waals surface area contributed by atoms with Crippen LogP contribution in [-0.2, 0) is 13.1 Å². The third-order valence-corrected chi connectivity index (χ3v) is 5.97. The zero-order chi connectivity index (χ0) is 13.7. The number of aromatic nitrogens is 2. The Balaban J connectivity index is 1.46. The Bertz CT molecular complexity index is 501. The van der Waals surface area contributed by atoms with Crippen molar-refractivity contribution in [1.29, 1.82) is 0 Å². The van der Waals surface area contributed by atoms with Gasteiger partial charge in [0, 0.05) is 30.4 Å². The van der Waals surface area contributed by atoms with E-state index in [1.54, 1.807) is 0 Å². The van der Waals surface area contributed by atoms with Crippen LogP contribution in [0.1, 0.15) is 55.5 Å².